The van der Waals surface area contributed by atoms with Crippen LogP contribution in [0.1, 0.15) is 16.7 Å². The van der Waals surface area contributed by atoms with Crippen molar-refractivity contribution < 1.29 is 14.6 Å². The average molecular weight is 353 g/mol. The predicted molar refractivity (Wildman–Crippen MR) is 84.8 cm³/mol. The van der Waals surface area contributed by atoms with E-state index >= 15 is 0 Å². The number of hydrogen-bond acceptors (Lipinski definition) is 2. The summed E-state index contributed by atoms with van der Waals surface area (Å²) < 4.78 is 14.8. The maximum Gasteiger partial charge on any atom is 0.126 e. The van der Waals surface area contributed by atoms with Crippen LogP contribution in [0.5, 0.6) is 0 Å². The van der Waals surface area contributed by atoms with Gasteiger partial charge in [-0.2, -0.15) is 0 Å². The van der Waals surface area contributed by atoms with E-state index in [-0.39, 0.29) is 25.5 Å². The van der Waals surface area contributed by atoms with Gasteiger partial charge in [-0.3, -0.25) is 0 Å². The van der Waals surface area contributed by atoms with Crippen LogP contribution in [0, 0.1) is 12.7 Å². The average Bonchev–Trinajstić information content (AvgIpc) is 2.49. The van der Waals surface area contributed by atoms with Crippen LogP contribution < -0.4 is 0 Å². The summed E-state index contributed by atoms with van der Waals surface area (Å²) in [5.74, 6) is -0.335. The number of aliphatic hydroxyl groups excluding tert-OH is 2. The third kappa shape index (κ3) is 3.34. The maximum absolute atomic E-state index is 14.0. The largest absolute Gasteiger partial charge is 0.395 e. The van der Waals surface area contributed by atoms with Crippen LogP contribution in [0.15, 0.2) is 46.9 Å². The molecule has 112 valence electrons. The Balaban J connectivity index is 2.48. The van der Waals surface area contributed by atoms with Crippen molar-refractivity contribution in [2.75, 3.05) is 13.2 Å². The Morgan fingerprint density at radius 1 is 1.10 bits per heavy atom. The minimum Gasteiger partial charge on any atom is -0.395 e. The summed E-state index contributed by atoms with van der Waals surface area (Å²) >= 11 is 3.33. The van der Waals surface area contributed by atoms with Crippen molar-refractivity contribution in [3.63, 3.8) is 0 Å². The molecule has 4 heteroatoms. The first-order chi connectivity index (χ1) is 10.0. The number of benzene rings is 2. The molecule has 2 N–H and O–H groups in total. The van der Waals surface area contributed by atoms with Crippen LogP contribution in [0.4, 0.5) is 4.39 Å². The van der Waals surface area contributed by atoms with E-state index in [1.54, 1.807) is 12.1 Å². The van der Waals surface area contributed by atoms with Gasteiger partial charge in [-0.15, -0.1) is 0 Å². The van der Waals surface area contributed by atoms with E-state index in [0.29, 0.717) is 5.56 Å². The molecule has 0 aliphatic rings. The first kappa shape index (κ1) is 16.1. The van der Waals surface area contributed by atoms with Gasteiger partial charge in [0.25, 0.3) is 0 Å². The van der Waals surface area contributed by atoms with Crippen molar-refractivity contribution in [3.8, 4) is 0 Å². The Kier molecular flexibility index (Phi) is 5.14. The molecular weight excluding hydrogens is 335 g/mol. The second kappa shape index (κ2) is 6.69. The number of aliphatic hydroxyl groups is 2. The summed E-state index contributed by atoms with van der Waals surface area (Å²) in [7, 11) is 0. The molecule has 0 bridgehead atoms. The van der Waals surface area contributed by atoms with Gasteiger partial charge in [0.15, 0.2) is 0 Å². The highest BCUT2D eigenvalue weighted by Gasteiger charge is 2.33. The lowest BCUT2D eigenvalue weighted by Crippen LogP contribution is -2.38. The highest BCUT2D eigenvalue weighted by molar-refractivity contribution is 9.10. The lowest BCUT2D eigenvalue weighted by molar-refractivity contribution is 0.115. The first-order valence-electron chi connectivity index (χ1n) is 6.74. The van der Waals surface area contributed by atoms with Crippen LogP contribution >= 0.6 is 15.9 Å². The summed E-state index contributed by atoms with van der Waals surface area (Å²) in [6.45, 7) is 1.42. The van der Waals surface area contributed by atoms with Crippen molar-refractivity contribution in [2.45, 2.75) is 18.8 Å². The van der Waals surface area contributed by atoms with Crippen molar-refractivity contribution in [1.29, 1.82) is 0 Å². The third-order valence-corrected chi connectivity index (χ3v) is 4.35. The second-order valence-electron chi connectivity index (χ2n) is 5.32. The van der Waals surface area contributed by atoms with Crippen LogP contribution in [-0.2, 0) is 11.8 Å². The standard InChI is InChI=1S/C17H18BrFO2/c1-12-4-2-3-5-15(12)17(10-20,11-21)9-13-8-14(18)6-7-16(13)19/h2-8,20-21H,9-11H2,1H3. The first-order valence-corrected chi connectivity index (χ1v) is 7.53. The summed E-state index contributed by atoms with van der Waals surface area (Å²) in [6, 6.07) is 12.3. The van der Waals surface area contributed by atoms with Gasteiger partial charge in [-0.1, -0.05) is 40.2 Å². The van der Waals surface area contributed by atoms with Gasteiger partial charge in [0, 0.05) is 9.89 Å². The minimum absolute atomic E-state index is 0.232. The van der Waals surface area contributed by atoms with Gasteiger partial charge in [-0.05, 0) is 48.2 Å². The van der Waals surface area contributed by atoms with Crippen LogP contribution in [0.3, 0.4) is 0 Å². The molecule has 0 saturated carbocycles. The fourth-order valence-electron chi connectivity index (χ4n) is 2.64. The molecule has 21 heavy (non-hydrogen) atoms. The number of hydrogen-bond donors (Lipinski definition) is 2. The van der Waals surface area contributed by atoms with Gasteiger partial charge < -0.3 is 10.2 Å². The van der Waals surface area contributed by atoms with E-state index in [0.717, 1.165) is 15.6 Å². The highest BCUT2D eigenvalue weighted by Crippen LogP contribution is 2.32. The molecule has 0 saturated heterocycles. The van der Waals surface area contributed by atoms with E-state index in [2.05, 4.69) is 15.9 Å². The summed E-state index contributed by atoms with van der Waals surface area (Å²) in [5.41, 5.74) is 1.38. The Hall–Kier alpha value is -1.23. The van der Waals surface area contributed by atoms with Gasteiger partial charge >= 0.3 is 0 Å². The van der Waals surface area contributed by atoms with Crippen molar-refractivity contribution in [1.82, 2.24) is 0 Å². The van der Waals surface area contributed by atoms with Gasteiger partial charge in [0.05, 0.1) is 13.2 Å². The smallest absolute Gasteiger partial charge is 0.126 e. The van der Waals surface area contributed by atoms with Gasteiger partial charge in [-0.25, -0.2) is 4.39 Å². The van der Waals surface area contributed by atoms with E-state index in [1.807, 2.05) is 31.2 Å². The zero-order valence-electron chi connectivity index (χ0n) is 11.8. The zero-order valence-corrected chi connectivity index (χ0v) is 13.4. The third-order valence-electron chi connectivity index (χ3n) is 3.86. The summed E-state index contributed by atoms with van der Waals surface area (Å²) in [4.78, 5) is 0. The lowest BCUT2D eigenvalue weighted by Gasteiger charge is -2.32. The highest BCUT2D eigenvalue weighted by atomic mass is 79.9. The molecule has 0 aromatic heterocycles. The van der Waals surface area contributed by atoms with Crippen LogP contribution in [0.2, 0.25) is 0 Å². The van der Waals surface area contributed by atoms with E-state index < -0.39 is 5.41 Å². The Morgan fingerprint density at radius 3 is 2.38 bits per heavy atom. The number of rotatable bonds is 5. The molecule has 0 amide bonds. The summed E-state index contributed by atoms with van der Waals surface area (Å²) in [6.07, 6.45) is 0.232. The topological polar surface area (TPSA) is 40.5 Å². The fourth-order valence-corrected chi connectivity index (χ4v) is 3.05. The van der Waals surface area contributed by atoms with Crippen molar-refractivity contribution >= 4 is 15.9 Å². The number of aryl methyl sites for hydroxylation is 1. The predicted octanol–water partition coefficient (Wildman–Crippen LogP) is 3.36. The van der Waals surface area contributed by atoms with Gasteiger partial charge in [0.2, 0.25) is 0 Å². The molecular formula is C17H18BrFO2. The zero-order chi connectivity index (χ0) is 15.5. The minimum atomic E-state index is -0.896. The van der Waals surface area contributed by atoms with Crippen molar-refractivity contribution in [3.05, 3.63) is 69.4 Å². The monoisotopic (exact) mass is 352 g/mol. The quantitative estimate of drug-likeness (QED) is 0.866. The van der Waals surface area contributed by atoms with Crippen LogP contribution in [0.25, 0.3) is 0 Å². The number of halogens is 2. The molecule has 2 aromatic carbocycles. The molecule has 2 aromatic rings. The lowest BCUT2D eigenvalue weighted by atomic mass is 9.75. The molecule has 0 aliphatic heterocycles. The van der Waals surface area contributed by atoms with Gasteiger partial charge in [0.1, 0.15) is 5.82 Å². The molecule has 0 radical (unpaired) electrons. The second-order valence-corrected chi connectivity index (χ2v) is 6.24. The Bertz CT molecular complexity index is 624. The van der Waals surface area contributed by atoms with E-state index in [4.69, 9.17) is 0 Å². The van der Waals surface area contributed by atoms with E-state index in [1.165, 1.54) is 6.07 Å². The molecule has 0 heterocycles. The molecule has 0 fully saturated rings. The maximum atomic E-state index is 14.0. The normalized spacial score (nSPS) is 11.7. The van der Waals surface area contributed by atoms with E-state index in [9.17, 15) is 14.6 Å². The summed E-state index contributed by atoms with van der Waals surface area (Å²) in [5, 5.41) is 19.8. The molecule has 0 atom stereocenters. The Labute approximate surface area is 132 Å². The molecule has 0 aliphatic carbocycles. The Morgan fingerprint density at radius 2 is 1.76 bits per heavy atom. The fraction of sp³-hybridized carbons (Fsp3) is 0.294. The molecule has 0 spiro atoms. The molecule has 2 nitrogen and oxygen atoms in total. The van der Waals surface area contributed by atoms with Crippen LogP contribution in [-0.4, -0.2) is 23.4 Å². The molecule has 2 rings (SSSR count). The van der Waals surface area contributed by atoms with Crippen molar-refractivity contribution in [2.24, 2.45) is 0 Å². The molecule has 0 unspecified atom stereocenters. The SMILES string of the molecule is Cc1ccccc1C(CO)(CO)Cc1cc(Br)ccc1F.